The summed E-state index contributed by atoms with van der Waals surface area (Å²) in [6, 6.07) is 8.06. The molecule has 0 radical (unpaired) electrons. The van der Waals surface area contributed by atoms with Gasteiger partial charge in [0.25, 0.3) is 0 Å². The van der Waals surface area contributed by atoms with Crippen molar-refractivity contribution in [3.05, 3.63) is 47.5 Å². The second-order valence-electron chi connectivity index (χ2n) is 7.70. The highest BCUT2D eigenvalue weighted by atomic mass is 15.2. The zero-order chi connectivity index (χ0) is 15.3. The second-order valence-corrected chi connectivity index (χ2v) is 7.70. The van der Waals surface area contributed by atoms with E-state index in [2.05, 4.69) is 49.6 Å². The van der Waals surface area contributed by atoms with E-state index >= 15 is 0 Å². The predicted octanol–water partition coefficient (Wildman–Crippen LogP) is 4.66. The van der Waals surface area contributed by atoms with Crippen LogP contribution in [0.3, 0.4) is 0 Å². The summed E-state index contributed by atoms with van der Waals surface area (Å²) in [4.78, 5) is 2.68. The molecule has 2 aliphatic carbocycles. The number of hydrogen-bond donors (Lipinski definition) is 0. The van der Waals surface area contributed by atoms with Crippen molar-refractivity contribution in [3.63, 3.8) is 0 Å². The Balaban J connectivity index is 1.79. The molecule has 0 amide bonds. The SMILES string of the molecule is C=CCN1CC2c3ccc(CC)cc3C23CCCCC3C1C. The number of hydrogen-bond acceptors (Lipinski definition) is 1. The average Bonchev–Trinajstić information content (AvgIpc) is 2.56. The molecule has 1 heterocycles. The third kappa shape index (κ3) is 1.75. The standard InChI is InChI=1S/C21H29N/c1-4-12-22-14-20-17-10-9-16(5-2)13-19(17)21(20)11-7-6-8-18(21)15(22)3/h4,9-10,13,15,18,20H,1,5-8,11-12,14H2,2-3H3. The molecule has 0 N–H and O–H groups in total. The zero-order valence-electron chi connectivity index (χ0n) is 14.1. The third-order valence-electron chi connectivity index (χ3n) is 6.98. The molecular weight excluding hydrogens is 266 g/mol. The molecule has 1 heteroatoms. The van der Waals surface area contributed by atoms with Crippen molar-refractivity contribution in [3.8, 4) is 0 Å². The molecule has 1 saturated carbocycles. The lowest BCUT2D eigenvalue weighted by Gasteiger charge is -2.65. The van der Waals surface area contributed by atoms with Gasteiger partial charge in [0, 0.05) is 30.5 Å². The van der Waals surface area contributed by atoms with Gasteiger partial charge in [0.2, 0.25) is 0 Å². The van der Waals surface area contributed by atoms with Crippen molar-refractivity contribution in [2.75, 3.05) is 13.1 Å². The van der Waals surface area contributed by atoms with E-state index in [1.165, 1.54) is 37.8 Å². The van der Waals surface area contributed by atoms with E-state index < -0.39 is 0 Å². The second kappa shape index (κ2) is 5.23. The summed E-state index contributed by atoms with van der Waals surface area (Å²) in [6.45, 7) is 11.0. The van der Waals surface area contributed by atoms with Crippen molar-refractivity contribution in [2.45, 2.75) is 63.3 Å². The summed E-state index contributed by atoms with van der Waals surface area (Å²) >= 11 is 0. The van der Waals surface area contributed by atoms with Crippen LogP contribution in [0.5, 0.6) is 0 Å². The number of aryl methyl sites for hydroxylation is 1. The van der Waals surface area contributed by atoms with Crippen LogP contribution in [-0.2, 0) is 11.8 Å². The van der Waals surface area contributed by atoms with Gasteiger partial charge in [0.1, 0.15) is 0 Å². The molecule has 4 atom stereocenters. The minimum Gasteiger partial charge on any atom is -0.296 e. The van der Waals surface area contributed by atoms with E-state index in [0.29, 0.717) is 11.5 Å². The number of likely N-dealkylation sites (tertiary alicyclic amines) is 1. The highest BCUT2D eigenvalue weighted by Gasteiger charge is 2.61. The Labute approximate surface area is 135 Å². The Kier molecular flexibility index (Phi) is 3.45. The van der Waals surface area contributed by atoms with E-state index in [1.54, 1.807) is 11.1 Å². The minimum atomic E-state index is 0.510. The van der Waals surface area contributed by atoms with Gasteiger partial charge >= 0.3 is 0 Å². The van der Waals surface area contributed by atoms with Crippen LogP contribution in [0.1, 0.15) is 62.1 Å². The molecule has 0 aromatic heterocycles. The molecule has 4 unspecified atom stereocenters. The Hall–Kier alpha value is -1.08. The lowest BCUT2D eigenvalue weighted by atomic mass is 9.44. The Morgan fingerprint density at radius 2 is 2.23 bits per heavy atom. The highest BCUT2D eigenvalue weighted by Crippen LogP contribution is 2.64. The van der Waals surface area contributed by atoms with Crippen molar-refractivity contribution in [1.29, 1.82) is 0 Å². The monoisotopic (exact) mass is 295 g/mol. The van der Waals surface area contributed by atoms with Crippen LogP contribution in [0, 0.1) is 5.92 Å². The summed E-state index contributed by atoms with van der Waals surface area (Å²) < 4.78 is 0. The first-order chi connectivity index (χ1) is 10.7. The Bertz CT molecular complexity index is 590. The van der Waals surface area contributed by atoms with E-state index in [0.717, 1.165) is 24.8 Å². The molecule has 1 aliphatic heterocycles. The quantitative estimate of drug-likeness (QED) is 0.733. The maximum Gasteiger partial charge on any atom is 0.0163 e. The fourth-order valence-electron chi connectivity index (χ4n) is 5.90. The maximum atomic E-state index is 3.98. The third-order valence-corrected chi connectivity index (χ3v) is 6.98. The number of benzene rings is 1. The van der Waals surface area contributed by atoms with Gasteiger partial charge < -0.3 is 0 Å². The number of rotatable bonds is 3. The maximum absolute atomic E-state index is 3.98. The van der Waals surface area contributed by atoms with E-state index in [-0.39, 0.29) is 0 Å². The van der Waals surface area contributed by atoms with Gasteiger partial charge in [0.15, 0.2) is 0 Å². The average molecular weight is 295 g/mol. The minimum absolute atomic E-state index is 0.510. The topological polar surface area (TPSA) is 3.24 Å². The first kappa shape index (κ1) is 14.5. The molecule has 2 fully saturated rings. The summed E-state index contributed by atoms with van der Waals surface area (Å²) in [6.07, 6.45) is 8.95. The largest absolute Gasteiger partial charge is 0.296 e. The van der Waals surface area contributed by atoms with Gasteiger partial charge in [-0.15, -0.1) is 6.58 Å². The molecule has 1 aromatic rings. The van der Waals surface area contributed by atoms with Crippen molar-refractivity contribution in [1.82, 2.24) is 4.90 Å². The van der Waals surface area contributed by atoms with Gasteiger partial charge in [-0.05, 0) is 48.8 Å². The van der Waals surface area contributed by atoms with Gasteiger partial charge in [-0.3, -0.25) is 4.90 Å². The summed E-state index contributed by atoms with van der Waals surface area (Å²) in [5.74, 6) is 1.62. The summed E-state index contributed by atoms with van der Waals surface area (Å²) in [5.41, 5.74) is 5.42. The molecule has 3 aliphatic rings. The van der Waals surface area contributed by atoms with Gasteiger partial charge in [0.05, 0.1) is 0 Å². The molecule has 118 valence electrons. The first-order valence-electron chi connectivity index (χ1n) is 9.20. The van der Waals surface area contributed by atoms with Crippen molar-refractivity contribution in [2.24, 2.45) is 5.92 Å². The van der Waals surface area contributed by atoms with Crippen molar-refractivity contribution < 1.29 is 0 Å². The van der Waals surface area contributed by atoms with Crippen LogP contribution < -0.4 is 0 Å². The number of fused-ring (bicyclic) bond motifs is 2. The van der Waals surface area contributed by atoms with E-state index in [9.17, 15) is 0 Å². The number of piperidine rings is 1. The number of nitrogens with zero attached hydrogens (tertiary/aromatic N) is 1. The van der Waals surface area contributed by atoms with Crippen LogP contribution >= 0.6 is 0 Å². The molecule has 1 nitrogen and oxygen atoms in total. The summed E-state index contributed by atoms with van der Waals surface area (Å²) in [7, 11) is 0. The molecule has 0 bridgehead atoms. The summed E-state index contributed by atoms with van der Waals surface area (Å²) in [5, 5.41) is 0. The molecule has 1 spiro atoms. The van der Waals surface area contributed by atoms with Crippen LogP contribution in [-0.4, -0.2) is 24.0 Å². The molecule has 4 rings (SSSR count). The molecule has 1 aromatic carbocycles. The Morgan fingerprint density at radius 1 is 1.36 bits per heavy atom. The molecular formula is C21H29N. The highest BCUT2D eigenvalue weighted by molar-refractivity contribution is 5.54. The predicted molar refractivity (Wildman–Crippen MR) is 93.4 cm³/mol. The Morgan fingerprint density at radius 3 is 3.00 bits per heavy atom. The van der Waals surface area contributed by atoms with Gasteiger partial charge in [-0.25, -0.2) is 0 Å². The van der Waals surface area contributed by atoms with Crippen LogP contribution in [0.4, 0.5) is 0 Å². The zero-order valence-corrected chi connectivity index (χ0v) is 14.1. The van der Waals surface area contributed by atoms with Crippen LogP contribution in [0.2, 0.25) is 0 Å². The van der Waals surface area contributed by atoms with E-state index in [4.69, 9.17) is 0 Å². The van der Waals surface area contributed by atoms with Crippen molar-refractivity contribution >= 4 is 0 Å². The normalized spacial score (nSPS) is 36.7. The smallest absolute Gasteiger partial charge is 0.0163 e. The first-order valence-corrected chi connectivity index (χ1v) is 9.20. The van der Waals surface area contributed by atoms with E-state index in [1.807, 2.05) is 0 Å². The lowest BCUT2D eigenvalue weighted by Crippen LogP contribution is -2.64. The molecule has 1 saturated heterocycles. The van der Waals surface area contributed by atoms with Crippen LogP contribution in [0.15, 0.2) is 30.9 Å². The fraction of sp³-hybridized carbons (Fsp3) is 0.619. The molecule has 22 heavy (non-hydrogen) atoms. The van der Waals surface area contributed by atoms with Crippen LogP contribution in [0.25, 0.3) is 0 Å². The lowest BCUT2D eigenvalue weighted by molar-refractivity contribution is -0.0236. The van der Waals surface area contributed by atoms with Gasteiger partial charge in [-0.2, -0.15) is 0 Å². The van der Waals surface area contributed by atoms with Gasteiger partial charge in [-0.1, -0.05) is 44.0 Å². The fourth-order valence-corrected chi connectivity index (χ4v) is 5.90.